The minimum absolute atomic E-state index is 0.169. The molecule has 1 aromatic heterocycles. The molecular weight excluding hydrogens is 845 g/mol. The van der Waals surface area contributed by atoms with E-state index in [1.807, 2.05) is 76.2 Å². The van der Waals surface area contributed by atoms with E-state index < -0.39 is 65.6 Å². The summed E-state index contributed by atoms with van der Waals surface area (Å²) in [5.74, 6) is 3.30. The zero-order chi connectivity index (χ0) is 46.8. The standard InChI is InChI=1S/C51H66N4O9S/c1-11-41-51(8)45-32(4)42(52-24-25-55(45)49(59)64-51)30(2)27-50(7,46(33(5)43(56)34(6)47(58)62-41)63-48-44(57)40(54(9)10)26-31(3)61-48)23-15-19-37-21-22-38(65-37)28-53-60-29-36-18-14-17-35-16-12-13-20-39(35)36/h12-14,16-18,20-22,28,30-34,40-41,44-46,48,57H,11,23-27,29H2,1-10H3/b53-28+/t30-,31-,32+,33+,34-,40+,41-,44-,45-,46-,48+,50+,51-/m1/s1. The number of carbonyl (C=O) groups excluding carboxylic acids is 3. The highest BCUT2D eigenvalue weighted by Crippen LogP contribution is 2.46. The van der Waals surface area contributed by atoms with Crippen LogP contribution in [-0.4, -0.2) is 120 Å². The van der Waals surface area contributed by atoms with E-state index in [0.717, 1.165) is 31.8 Å². The Morgan fingerprint density at radius 2 is 1.78 bits per heavy atom. The monoisotopic (exact) mass is 910 g/mol. The maximum atomic E-state index is 14.7. The predicted octanol–water partition coefficient (Wildman–Crippen LogP) is 7.88. The van der Waals surface area contributed by atoms with Crippen molar-refractivity contribution in [2.75, 3.05) is 27.2 Å². The first-order chi connectivity index (χ1) is 30.9. The fourth-order valence-electron chi connectivity index (χ4n) is 10.9. The van der Waals surface area contributed by atoms with Crippen molar-refractivity contribution in [1.82, 2.24) is 9.80 Å². The molecular formula is C51H66N4O9S. The van der Waals surface area contributed by atoms with Crippen LogP contribution in [0, 0.1) is 40.9 Å². The minimum atomic E-state index is -1.19. The van der Waals surface area contributed by atoms with Crippen molar-refractivity contribution in [3.05, 3.63) is 69.9 Å². The van der Waals surface area contributed by atoms with Gasteiger partial charge in [0, 0.05) is 46.8 Å². The fourth-order valence-corrected chi connectivity index (χ4v) is 11.6. The van der Waals surface area contributed by atoms with Gasteiger partial charge in [0.25, 0.3) is 0 Å². The third-order valence-corrected chi connectivity index (χ3v) is 15.1. The van der Waals surface area contributed by atoms with Crippen LogP contribution in [0.15, 0.2) is 64.7 Å². The fraction of sp³-hybridized carbons (Fsp3) is 0.588. The van der Waals surface area contributed by atoms with E-state index in [-0.39, 0.29) is 36.2 Å². The van der Waals surface area contributed by atoms with Gasteiger partial charge >= 0.3 is 12.1 Å². The Kier molecular flexibility index (Phi) is 14.9. The molecule has 65 heavy (non-hydrogen) atoms. The van der Waals surface area contributed by atoms with Gasteiger partial charge in [0.1, 0.15) is 24.7 Å². The Hall–Kier alpha value is -4.65. The van der Waals surface area contributed by atoms with Crippen LogP contribution in [-0.2, 0) is 40.0 Å². The Morgan fingerprint density at radius 3 is 2.54 bits per heavy atom. The number of carbonyl (C=O) groups is 3. The Morgan fingerprint density at radius 1 is 1.03 bits per heavy atom. The van der Waals surface area contributed by atoms with Gasteiger partial charge in [0.05, 0.1) is 35.9 Å². The average Bonchev–Trinajstić information content (AvgIpc) is 3.77. The lowest BCUT2D eigenvalue weighted by Crippen LogP contribution is -2.58. The maximum Gasteiger partial charge on any atom is 0.410 e. The molecule has 3 fully saturated rings. The van der Waals surface area contributed by atoms with Gasteiger partial charge in [0.15, 0.2) is 17.7 Å². The molecule has 4 aliphatic rings. The first-order valence-corrected chi connectivity index (χ1v) is 23.9. The van der Waals surface area contributed by atoms with Crippen LogP contribution in [0.25, 0.3) is 10.8 Å². The molecule has 1 amide bonds. The average molecular weight is 911 g/mol. The van der Waals surface area contributed by atoms with Gasteiger partial charge < -0.3 is 33.8 Å². The summed E-state index contributed by atoms with van der Waals surface area (Å²) in [5.41, 5.74) is -0.0940. The summed E-state index contributed by atoms with van der Waals surface area (Å²) in [5, 5.41) is 18.3. The molecule has 0 aliphatic carbocycles. The number of ketones is 1. The highest BCUT2D eigenvalue weighted by molar-refractivity contribution is 7.14. The van der Waals surface area contributed by atoms with E-state index in [1.54, 1.807) is 25.0 Å². The number of likely N-dealkylation sites (N-methyl/N-ethyl adjacent to an activating group) is 1. The van der Waals surface area contributed by atoms with Gasteiger partial charge in [-0.15, -0.1) is 11.3 Å². The number of aliphatic hydroxyl groups excluding tert-OH is 1. The minimum Gasteiger partial charge on any atom is -0.458 e. The van der Waals surface area contributed by atoms with Gasteiger partial charge in [-0.25, -0.2) is 4.79 Å². The number of cyclic esters (lactones) is 1. The van der Waals surface area contributed by atoms with Crippen LogP contribution in [0.3, 0.4) is 0 Å². The molecule has 1 N–H and O–H groups in total. The third-order valence-electron chi connectivity index (χ3n) is 14.2. The van der Waals surface area contributed by atoms with Crippen molar-refractivity contribution in [3.63, 3.8) is 0 Å². The number of aliphatic imine (C=N–C) groups is 1. The number of aliphatic hydroxyl groups is 1. The number of nitrogens with zero attached hydrogens (tertiary/aromatic N) is 4. The molecule has 2 aromatic carbocycles. The second kappa shape index (κ2) is 20.1. The molecule has 3 saturated heterocycles. The van der Waals surface area contributed by atoms with Gasteiger partial charge in [-0.2, -0.15) is 0 Å². The summed E-state index contributed by atoms with van der Waals surface area (Å²) in [4.78, 5) is 58.7. The van der Waals surface area contributed by atoms with E-state index in [9.17, 15) is 19.5 Å². The molecule has 3 aromatic rings. The van der Waals surface area contributed by atoms with Crippen LogP contribution in [0.4, 0.5) is 4.79 Å². The number of Topliss-reactive ketones (excluding diaryl/α,β-unsaturated/α-hetero) is 1. The van der Waals surface area contributed by atoms with Crippen molar-refractivity contribution < 1.29 is 43.3 Å². The van der Waals surface area contributed by atoms with Crippen molar-refractivity contribution in [3.8, 4) is 11.8 Å². The van der Waals surface area contributed by atoms with Crippen molar-refractivity contribution in [1.29, 1.82) is 0 Å². The van der Waals surface area contributed by atoms with E-state index in [1.165, 1.54) is 11.3 Å². The molecule has 2 bridgehead atoms. The Bertz CT molecular complexity index is 2330. The summed E-state index contributed by atoms with van der Waals surface area (Å²) >= 11 is 1.49. The van der Waals surface area contributed by atoms with Gasteiger partial charge in [0.2, 0.25) is 0 Å². The lowest BCUT2D eigenvalue weighted by Gasteiger charge is -2.47. The second-order valence-electron chi connectivity index (χ2n) is 19.2. The number of amides is 1. The Labute approximate surface area is 387 Å². The molecule has 14 heteroatoms. The number of hydrogen-bond donors (Lipinski definition) is 1. The first kappa shape index (κ1) is 48.3. The van der Waals surface area contributed by atoms with Crippen LogP contribution in [0.1, 0.15) is 96.4 Å². The molecule has 5 heterocycles. The maximum absolute atomic E-state index is 14.7. The SMILES string of the molecule is CC[C@H]1OC(=O)[C@H](C)C(=O)[C@H](C)[C@@H](O[C@@H]2O[C@H](C)C[C@H](N(C)C)[C@H]2O)[C@@](C)(CC#Cc2ccc(/C=N/OCc3cccc4ccccc34)s2)C[C@@H](C)C2=NCCN3C(=O)O[C@@]1(C)[C@H]3[C@H]2C. The highest BCUT2D eigenvalue weighted by Gasteiger charge is 2.60. The van der Waals surface area contributed by atoms with E-state index in [4.69, 9.17) is 28.8 Å². The highest BCUT2D eigenvalue weighted by atomic mass is 32.1. The van der Waals surface area contributed by atoms with E-state index in [2.05, 4.69) is 56.0 Å². The molecule has 0 unspecified atom stereocenters. The topological polar surface area (TPSA) is 149 Å². The normalized spacial score (nSPS) is 34.6. The van der Waals surface area contributed by atoms with Gasteiger partial charge in [-0.05, 0) is 88.5 Å². The number of benzene rings is 2. The summed E-state index contributed by atoms with van der Waals surface area (Å²) in [6, 6.07) is 17.5. The zero-order valence-corrected chi connectivity index (χ0v) is 40.3. The predicted molar refractivity (Wildman–Crippen MR) is 252 cm³/mol. The number of esters is 1. The van der Waals surface area contributed by atoms with Crippen LogP contribution < -0.4 is 0 Å². The second-order valence-corrected chi connectivity index (χ2v) is 20.4. The molecule has 7 rings (SSSR count). The third kappa shape index (κ3) is 10.1. The number of fused-ring (bicyclic) bond motifs is 2. The summed E-state index contributed by atoms with van der Waals surface area (Å²) < 4.78 is 25.7. The van der Waals surface area contributed by atoms with Crippen LogP contribution >= 0.6 is 11.3 Å². The number of oxime groups is 1. The van der Waals surface area contributed by atoms with Gasteiger partial charge in [-0.3, -0.25) is 19.5 Å². The number of rotatable bonds is 9. The first-order valence-electron chi connectivity index (χ1n) is 23.1. The summed E-state index contributed by atoms with van der Waals surface area (Å²) in [6.07, 6.45) is -1.04. The zero-order valence-electron chi connectivity index (χ0n) is 39.5. The van der Waals surface area contributed by atoms with E-state index >= 15 is 0 Å². The lowest BCUT2D eigenvalue weighted by atomic mass is 9.66. The molecule has 0 radical (unpaired) electrons. The quantitative estimate of drug-likeness (QED) is 0.0739. The molecule has 0 saturated carbocycles. The largest absolute Gasteiger partial charge is 0.458 e. The summed E-state index contributed by atoms with van der Waals surface area (Å²) in [7, 11) is 3.83. The van der Waals surface area contributed by atoms with Crippen LogP contribution in [0.5, 0.6) is 0 Å². The van der Waals surface area contributed by atoms with Crippen LogP contribution in [0.2, 0.25) is 0 Å². The van der Waals surface area contributed by atoms with Gasteiger partial charge in [-0.1, -0.05) is 94.1 Å². The molecule has 13 atom stereocenters. The number of thiophene rings is 1. The van der Waals surface area contributed by atoms with E-state index in [0.29, 0.717) is 39.0 Å². The number of ether oxygens (including phenoxy) is 4. The van der Waals surface area contributed by atoms with Crippen molar-refractivity contribution in [2.24, 2.45) is 39.2 Å². The molecule has 0 spiro atoms. The Balaban J connectivity index is 1.22. The summed E-state index contributed by atoms with van der Waals surface area (Å²) in [6.45, 7) is 16.4. The molecule has 13 nitrogen and oxygen atoms in total. The molecule has 350 valence electrons. The van der Waals surface area contributed by atoms with Crippen molar-refractivity contribution >= 4 is 51.9 Å². The number of hydrogen-bond acceptors (Lipinski definition) is 13. The lowest BCUT2D eigenvalue weighted by molar-refractivity contribution is -0.286. The molecule has 4 aliphatic heterocycles. The van der Waals surface area contributed by atoms with Crippen molar-refractivity contribution in [2.45, 2.75) is 136 Å². The smallest absolute Gasteiger partial charge is 0.410 e.